The minimum absolute atomic E-state index is 0.142. The first kappa shape index (κ1) is 20.1. The molecule has 1 aromatic carbocycles. The summed E-state index contributed by atoms with van der Waals surface area (Å²) in [6.07, 6.45) is 4.29. The zero-order valence-electron chi connectivity index (χ0n) is 17.0. The van der Waals surface area contributed by atoms with Gasteiger partial charge >= 0.3 is 0 Å². The van der Waals surface area contributed by atoms with E-state index in [1.54, 1.807) is 43.1 Å². The predicted octanol–water partition coefficient (Wildman–Crippen LogP) is 3.29. The van der Waals surface area contributed by atoms with E-state index >= 15 is 0 Å². The molecule has 1 atom stereocenters. The maximum Gasteiger partial charge on any atom is 0.166 e. The summed E-state index contributed by atoms with van der Waals surface area (Å²) < 4.78 is 22.0. The predicted molar refractivity (Wildman–Crippen MR) is 115 cm³/mol. The van der Waals surface area contributed by atoms with Crippen LogP contribution in [0.4, 0.5) is 10.2 Å². The van der Waals surface area contributed by atoms with Crippen LogP contribution in [-0.4, -0.2) is 27.3 Å². The summed E-state index contributed by atoms with van der Waals surface area (Å²) in [6, 6.07) is 8.15. The fraction of sp³-hybridized carbons (Fsp3) is 0.182. The molecular weight excluding hydrogens is 397 g/mol. The molecule has 3 aromatic rings. The smallest absolute Gasteiger partial charge is 0.166 e. The quantitative estimate of drug-likeness (QED) is 0.522. The van der Waals surface area contributed by atoms with E-state index in [2.05, 4.69) is 21.4 Å². The summed E-state index contributed by atoms with van der Waals surface area (Å²) in [5.74, 6) is 0.599. The minimum Gasteiger partial charge on any atom is -0.482 e. The second kappa shape index (κ2) is 7.91. The zero-order valence-corrected chi connectivity index (χ0v) is 17.0. The number of hydrogen-bond donors (Lipinski definition) is 3. The Balaban J connectivity index is 2.00. The zero-order chi connectivity index (χ0) is 22.1. The number of ether oxygens (including phenoxy) is 1. The number of rotatable bonds is 1. The van der Waals surface area contributed by atoms with Gasteiger partial charge in [-0.25, -0.2) is 14.4 Å². The molecule has 9 heteroatoms. The lowest BCUT2D eigenvalue weighted by atomic mass is 9.98. The van der Waals surface area contributed by atoms with Crippen molar-refractivity contribution in [2.45, 2.75) is 19.6 Å². The molecule has 1 aliphatic heterocycles. The van der Waals surface area contributed by atoms with Gasteiger partial charge in [0.25, 0.3) is 0 Å². The molecule has 1 unspecified atom stereocenters. The van der Waals surface area contributed by atoms with Crippen molar-refractivity contribution in [2.75, 3.05) is 12.8 Å². The highest BCUT2D eigenvalue weighted by molar-refractivity contribution is 6.23. The van der Waals surface area contributed by atoms with Gasteiger partial charge in [-0.3, -0.25) is 0 Å². The normalized spacial score (nSPS) is 17.2. The SMILES string of the molecule is CN/C(C#N)=C1\C(=N)Cn2ccnc2-c2ccc(F)cc2C(C)Oc2cc1cnc2N. The summed E-state index contributed by atoms with van der Waals surface area (Å²) in [7, 11) is 1.62. The average Bonchev–Trinajstić information content (AvgIpc) is 3.20. The highest BCUT2D eigenvalue weighted by Gasteiger charge is 2.23. The third-order valence-corrected chi connectivity index (χ3v) is 5.12. The third kappa shape index (κ3) is 3.59. The summed E-state index contributed by atoms with van der Waals surface area (Å²) in [5.41, 5.74) is 8.58. The molecule has 0 radical (unpaired) electrons. The van der Waals surface area contributed by atoms with Gasteiger partial charge in [0.1, 0.15) is 29.5 Å². The Labute approximate surface area is 178 Å². The van der Waals surface area contributed by atoms with Crippen molar-refractivity contribution in [1.82, 2.24) is 19.9 Å². The number of nitrogens with zero attached hydrogens (tertiary/aromatic N) is 4. The van der Waals surface area contributed by atoms with Gasteiger partial charge in [-0.05, 0) is 31.2 Å². The summed E-state index contributed by atoms with van der Waals surface area (Å²) in [5, 5.41) is 21.2. The van der Waals surface area contributed by atoms with Crippen LogP contribution in [0.2, 0.25) is 0 Å². The van der Waals surface area contributed by atoms with Crippen molar-refractivity contribution >= 4 is 17.1 Å². The van der Waals surface area contributed by atoms with E-state index in [1.165, 1.54) is 18.3 Å². The maximum atomic E-state index is 14.1. The number of nitrogens with two attached hydrogens (primary N) is 1. The lowest BCUT2D eigenvalue weighted by molar-refractivity contribution is 0.227. The molecule has 0 saturated carbocycles. The van der Waals surface area contributed by atoms with Crippen LogP contribution in [0.1, 0.15) is 24.2 Å². The fourth-order valence-corrected chi connectivity index (χ4v) is 3.65. The summed E-state index contributed by atoms with van der Waals surface area (Å²) >= 11 is 0. The molecule has 4 rings (SSSR count). The van der Waals surface area contributed by atoms with E-state index in [9.17, 15) is 9.65 Å². The number of nitrogens with one attached hydrogen (secondary N) is 2. The van der Waals surface area contributed by atoms with Gasteiger partial charge in [-0.15, -0.1) is 0 Å². The largest absolute Gasteiger partial charge is 0.482 e. The number of imidazole rings is 1. The highest BCUT2D eigenvalue weighted by atomic mass is 19.1. The van der Waals surface area contributed by atoms with E-state index in [-0.39, 0.29) is 29.5 Å². The van der Waals surface area contributed by atoms with Crippen LogP contribution in [0.15, 0.2) is 48.6 Å². The number of pyridine rings is 1. The van der Waals surface area contributed by atoms with Gasteiger partial charge < -0.3 is 25.8 Å². The van der Waals surface area contributed by atoms with Crippen LogP contribution in [0.3, 0.4) is 0 Å². The first-order chi connectivity index (χ1) is 14.9. The number of nitriles is 1. The van der Waals surface area contributed by atoms with Crippen molar-refractivity contribution in [2.24, 2.45) is 0 Å². The molecule has 2 aromatic heterocycles. The Morgan fingerprint density at radius 3 is 2.94 bits per heavy atom. The molecule has 0 amide bonds. The first-order valence-electron chi connectivity index (χ1n) is 9.56. The lowest BCUT2D eigenvalue weighted by Crippen LogP contribution is -2.19. The van der Waals surface area contributed by atoms with E-state index in [0.717, 1.165) is 0 Å². The van der Waals surface area contributed by atoms with Crippen LogP contribution in [0, 0.1) is 22.6 Å². The molecule has 156 valence electrons. The number of hydrogen-bond acceptors (Lipinski definition) is 7. The van der Waals surface area contributed by atoms with Gasteiger partial charge in [0.2, 0.25) is 0 Å². The number of aromatic nitrogens is 3. The number of halogens is 1. The number of anilines is 1. The molecule has 4 N–H and O–H groups in total. The molecule has 0 spiro atoms. The standard InChI is InChI=1S/C22H20FN7O/c1-12-16-8-14(23)3-4-15(16)22-28-5-6-30(22)11-17(25)20(18(9-24)27-2)13-7-19(31-12)21(26)29-10-13/h3-8,10,12,25,27H,11H2,1-2H3,(H2,26,29)/b20-18-,25-17?. The second-order valence-corrected chi connectivity index (χ2v) is 7.07. The molecule has 1 aliphatic rings. The topological polar surface area (TPSA) is 126 Å². The minimum atomic E-state index is -0.568. The van der Waals surface area contributed by atoms with Crippen molar-refractivity contribution in [3.8, 4) is 23.2 Å². The van der Waals surface area contributed by atoms with Gasteiger partial charge in [0.05, 0.1) is 12.3 Å². The number of nitrogen functional groups attached to an aromatic ring is 1. The Hall–Kier alpha value is -4.19. The van der Waals surface area contributed by atoms with Crippen LogP contribution < -0.4 is 15.8 Å². The fourth-order valence-electron chi connectivity index (χ4n) is 3.65. The first-order valence-corrected chi connectivity index (χ1v) is 9.56. The molecule has 2 bridgehead atoms. The van der Waals surface area contributed by atoms with Gasteiger partial charge in [-0.1, -0.05) is 0 Å². The highest BCUT2D eigenvalue weighted by Crippen LogP contribution is 2.35. The number of allylic oxidation sites excluding steroid dienone is 2. The van der Waals surface area contributed by atoms with E-state index in [4.69, 9.17) is 15.9 Å². The molecule has 31 heavy (non-hydrogen) atoms. The van der Waals surface area contributed by atoms with Crippen LogP contribution in [0.25, 0.3) is 17.0 Å². The third-order valence-electron chi connectivity index (χ3n) is 5.12. The average molecular weight is 417 g/mol. The van der Waals surface area contributed by atoms with Crippen molar-refractivity contribution in [3.63, 3.8) is 0 Å². The van der Waals surface area contributed by atoms with Gasteiger partial charge in [0, 0.05) is 47.9 Å². The Morgan fingerprint density at radius 2 is 2.19 bits per heavy atom. The van der Waals surface area contributed by atoms with Crippen molar-refractivity contribution in [3.05, 3.63) is 65.5 Å². The molecule has 0 aliphatic carbocycles. The van der Waals surface area contributed by atoms with Crippen LogP contribution in [-0.2, 0) is 6.54 Å². The molecule has 0 fully saturated rings. The molecule has 3 heterocycles. The Kier molecular flexibility index (Phi) is 5.13. The van der Waals surface area contributed by atoms with Gasteiger partial charge in [-0.2, -0.15) is 5.26 Å². The van der Waals surface area contributed by atoms with Crippen LogP contribution >= 0.6 is 0 Å². The maximum absolute atomic E-state index is 14.1. The van der Waals surface area contributed by atoms with Crippen molar-refractivity contribution < 1.29 is 9.13 Å². The molecule has 0 saturated heterocycles. The van der Waals surface area contributed by atoms with Crippen molar-refractivity contribution in [1.29, 1.82) is 10.7 Å². The Morgan fingerprint density at radius 1 is 1.39 bits per heavy atom. The van der Waals surface area contributed by atoms with Gasteiger partial charge in [0.15, 0.2) is 11.6 Å². The van der Waals surface area contributed by atoms with E-state index in [1.807, 2.05) is 0 Å². The Bertz CT molecular complexity index is 1250. The van der Waals surface area contributed by atoms with Crippen LogP contribution in [0.5, 0.6) is 5.75 Å². The lowest BCUT2D eigenvalue weighted by Gasteiger charge is -2.22. The number of fused-ring (bicyclic) bond motifs is 5. The molecular formula is C22H20FN7O. The monoisotopic (exact) mass is 417 g/mol. The number of benzene rings is 1. The summed E-state index contributed by atoms with van der Waals surface area (Å²) in [6.45, 7) is 1.93. The van der Waals surface area contributed by atoms with E-state index < -0.39 is 11.9 Å². The second-order valence-electron chi connectivity index (χ2n) is 7.07. The molecule has 8 nitrogen and oxygen atoms in total. The summed E-state index contributed by atoms with van der Waals surface area (Å²) in [4.78, 5) is 8.63. The van der Waals surface area contributed by atoms with E-state index in [0.29, 0.717) is 28.1 Å².